The first-order chi connectivity index (χ1) is 8.67. The molecule has 5 heteroatoms. The SMILES string of the molecule is CCNC(=O)CNC(=O)Cc1ccccc1OC. The zero-order valence-corrected chi connectivity index (χ0v) is 10.7. The Morgan fingerprint density at radius 2 is 1.89 bits per heavy atom. The normalized spacial score (nSPS) is 9.67. The van der Waals surface area contributed by atoms with E-state index in [2.05, 4.69) is 10.6 Å². The maximum absolute atomic E-state index is 11.6. The molecule has 2 amide bonds. The third kappa shape index (κ3) is 4.45. The first kappa shape index (κ1) is 14.0. The molecule has 0 saturated carbocycles. The minimum Gasteiger partial charge on any atom is -0.496 e. The molecule has 0 heterocycles. The molecule has 0 fully saturated rings. The van der Waals surface area contributed by atoms with E-state index >= 15 is 0 Å². The zero-order valence-electron chi connectivity index (χ0n) is 10.7. The van der Waals surface area contributed by atoms with Crippen LogP contribution in [-0.2, 0) is 16.0 Å². The first-order valence-electron chi connectivity index (χ1n) is 5.82. The summed E-state index contributed by atoms with van der Waals surface area (Å²) in [6, 6.07) is 7.31. The maximum Gasteiger partial charge on any atom is 0.239 e. The second-order valence-electron chi connectivity index (χ2n) is 3.72. The largest absolute Gasteiger partial charge is 0.496 e. The van der Waals surface area contributed by atoms with Crippen LogP contribution in [0.3, 0.4) is 0 Å². The van der Waals surface area contributed by atoms with Crippen molar-refractivity contribution in [2.45, 2.75) is 13.3 Å². The molecule has 0 radical (unpaired) electrons. The number of methoxy groups -OCH3 is 1. The summed E-state index contributed by atoms with van der Waals surface area (Å²) >= 11 is 0. The molecule has 0 unspecified atom stereocenters. The summed E-state index contributed by atoms with van der Waals surface area (Å²) in [7, 11) is 1.56. The van der Waals surface area contributed by atoms with Crippen LogP contribution in [0.4, 0.5) is 0 Å². The van der Waals surface area contributed by atoms with E-state index in [1.165, 1.54) is 0 Å². The van der Waals surface area contributed by atoms with Gasteiger partial charge in [-0.25, -0.2) is 0 Å². The lowest BCUT2D eigenvalue weighted by atomic mass is 10.1. The highest BCUT2D eigenvalue weighted by Gasteiger charge is 2.09. The number of hydrogen-bond donors (Lipinski definition) is 2. The molecule has 0 atom stereocenters. The standard InChI is InChI=1S/C13H18N2O3/c1-3-14-13(17)9-15-12(16)8-10-6-4-5-7-11(10)18-2/h4-7H,3,8-9H2,1-2H3,(H,14,17)(H,15,16). The Bertz CT molecular complexity index is 418. The van der Waals surface area contributed by atoms with Gasteiger partial charge in [-0.15, -0.1) is 0 Å². The van der Waals surface area contributed by atoms with Crippen LogP contribution in [0, 0.1) is 0 Å². The minimum atomic E-state index is -0.203. The molecule has 1 aromatic carbocycles. The van der Waals surface area contributed by atoms with Crippen molar-refractivity contribution < 1.29 is 14.3 Å². The van der Waals surface area contributed by atoms with E-state index in [9.17, 15) is 9.59 Å². The molecule has 0 aliphatic carbocycles. The molecule has 5 nitrogen and oxygen atoms in total. The van der Waals surface area contributed by atoms with Gasteiger partial charge in [0, 0.05) is 12.1 Å². The van der Waals surface area contributed by atoms with Crippen LogP contribution in [0.15, 0.2) is 24.3 Å². The Morgan fingerprint density at radius 1 is 1.17 bits per heavy atom. The second-order valence-corrected chi connectivity index (χ2v) is 3.72. The number of hydrogen-bond acceptors (Lipinski definition) is 3. The van der Waals surface area contributed by atoms with Gasteiger partial charge in [0.2, 0.25) is 11.8 Å². The van der Waals surface area contributed by atoms with Gasteiger partial charge in [0.15, 0.2) is 0 Å². The highest BCUT2D eigenvalue weighted by atomic mass is 16.5. The number of nitrogens with one attached hydrogen (secondary N) is 2. The lowest BCUT2D eigenvalue weighted by Crippen LogP contribution is -2.37. The van der Waals surface area contributed by atoms with Gasteiger partial charge in [-0.1, -0.05) is 18.2 Å². The molecule has 98 valence electrons. The highest BCUT2D eigenvalue weighted by molar-refractivity contribution is 5.85. The number of benzene rings is 1. The summed E-state index contributed by atoms with van der Waals surface area (Å²) in [4.78, 5) is 22.8. The van der Waals surface area contributed by atoms with E-state index < -0.39 is 0 Å². The van der Waals surface area contributed by atoms with Crippen molar-refractivity contribution in [2.75, 3.05) is 20.2 Å². The lowest BCUT2D eigenvalue weighted by molar-refractivity contribution is -0.125. The fourth-order valence-electron chi connectivity index (χ4n) is 1.52. The van der Waals surface area contributed by atoms with Crippen molar-refractivity contribution in [3.63, 3.8) is 0 Å². The van der Waals surface area contributed by atoms with Gasteiger partial charge in [-0.05, 0) is 13.0 Å². The van der Waals surface area contributed by atoms with Crippen LogP contribution in [0.5, 0.6) is 5.75 Å². The number of amides is 2. The predicted octanol–water partition coefficient (Wildman–Crippen LogP) is 0.490. The number of para-hydroxylation sites is 1. The average molecular weight is 250 g/mol. The van der Waals surface area contributed by atoms with Gasteiger partial charge in [-0.3, -0.25) is 9.59 Å². The van der Waals surface area contributed by atoms with Crippen LogP contribution in [0.25, 0.3) is 0 Å². The number of ether oxygens (including phenoxy) is 1. The van der Waals surface area contributed by atoms with Gasteiger partial charge in [-0.2, -0.15) is 0 Å². The summed E-state index contributed by atoms with van der Waals surface area (Å²) in [6.07, 6.45) is 0.198. The topological polar surface area (TPSA) is 67.4 Å². The van der Waals surface area contributed by atoms with Gasteiger partial charge < -0.3 is 15.4 Å². The summed E-state index contributed by atoms with van der Waals surface area (Å²) in [5.41, 5.74) is 0.799. The highest BCUT2D eigenvalue weighted by Crippen LogP contribution is 2.17. The van der Waals surface area contributed by atoms with Crippen molar-refractivity contribution in [2.24, 2.45) is 0 Å². The molecule has 0 bridgehead atoms. The number of carbonyl (C=O) groups is 2. The predicted molar refractivity (Wildman–Crippen MR) is 68.4 cm³/mol. The quantitative estimate of drug-likeness (QED) is 0.772. The fraction of sp³-hybridized carbons (Fsp3) is 0.385. The Balaban J connectivity index is 2.47. The van der Waals surface area contributed by atoms with Gasteiger partial charge >= 0.3 is 0 Å². The summed E-state index contributed by atoms with van der Waals surface area (Å²) in [5.74, 6) is 0.280. The van der Waals surface area contributed by atoms with Crippen molar-refractivity contribution in [3.05, 3.63) is 29.8 Å². The third-order valence-corrected chi connectivity index (χ3v) is 2.36. The Labute approximate surface area is 107 Å². The summed E-state index contributed by atoms with van der Waals surface area (Å²) < 4.78 is 5.15. The third-order valence-electron chi connectivity index (χ3n) is 2.36. The smallest absolute Gasteiger partial charge is 0.239 e. The Morgan fingerprint density at radius 3 is 2.56 bits per heavy atom. The molecule has 0 saturated heterocycles. The van der Waals surface area contributed by atoms with Crippen LogP contribution in [0.2, 0.25) is 0 Å². The van der Waals surface area contributed by atoms with Crippen molar-refractivity contribution in [3.8, 4) is 5.75 Å². The number of rotatable bonds is 6. The van der Waals surface area contributed by atoms with E-state index in [0.29, 0.717) is 12.3 Å². The summed E-state index contributed by atoms with van der Waals surface area (Å²) in [5, 5.41) is 5.17. The molecular formula is C13H18N2O3. The van der Waals surface area contributed by atoms with Crippen molar-refractivity contribution >= 4 is 11.8 Å². The molecule has 2 N–H and O–H groups in total. The molecule has 1 aromatic rings. The Kier molecular flexibility index (Phi) is 5.70. The molecule has 0 aliphatic rings. The lowest BCUT2D eigenvalue weighted by Gasteiger charge is -2.08. The molecule has 0 spiro atoms. The van der Waals surface area contributed by atoms with E-state index in [1.807, 2.05) is 25.1 Å². The average Bonchev–Trinajstić information content (AvgIpc) is 2.37. The van der Waals surface area contributed by atoms with Gasteiger partial charge in [0.25, 0.3) is 0 Å². The van der Waals surface area contributed by atoms with E-state index in [4.69, 9.17) is 4.74 Å². The number of carbonyl (C=O) groups excluding carboxylic acids is 2. The molecule has 0 aromatic heterocycles. The second kappa shape index (κ2) is 7.32. The Hall–Kier alpha value is -2.04. The summed E-state index contributed by atoms with van der Waals surface area (Å²) in [6.45, 7) is 2.39. The zero-order chi connectivity index (χ0) is 13.4. The van der Waals surface area contributed by atoms with Crippen molar-refractivity contribution in [1.82, 2.24) is 10.6 Å². The fourth-order valence-corrected chi connectivity index (χ4v) is 1.52. The van der Waals surface area contributed by atoms with Gasteiger partial charge in [0.05, 0.1) is 20.1 Å². The monoisotopic (exact) mass is 250 g/mol. The van der Waals surface area contributed by atoms with Gasteiger partial charge in [0.1, 0.15) is 5.75 Å². The minimum absolute atomic E-state index is 0.00181. The number of likely N-dealkylation sites (N-methyl/N-ethyl adjacent to an activating group) is 1. The molecule has 0 aliphatic heterocycles. The van der Waals surface area contributed by atoms with E-state index in [-0.39, 0.29) is 24.8 Å². The molecular weight excluding hydrogens is 232 g/mol. The molecule has 18 heavy (non-hydrogen) atoms. The molecule has 1 rings (SSSR count). The van der Waals surface area contributed by atoms with Crippen LogP contribution >= 0.6 is 0 Å². The van der Waals surface area contributed by atoms with Crippen molar-refractivity contribution in [1.29, 1.82) is 0 Å². The van der Waals surface area contributed by atoms with Crippen LogP contribution in [-0.4, -0.2) is 32.0 Å². The van der Waals surface area contributed by atoms with Crippen LogP contribution < -0.4 is 15.4 Å². The van der Waals surface area contributed by atoms with E-state index in [1.54, 1.807) is 13.2 Å². The maximum atomic E-state index is 11.6. The van der Waals surface area contributed by atoms with E-state index in [0.717, 1.165) is 5.56 Å². The van der Waals surface area contributed by atoms with Crippen LogP contribution in [0.1, 0.15) is 12.5 Å². The first-order valence-corrected chi connectivity index (χ1v) is 5.82.